The average molecular weight is 334 g/mol. The predicted molar refractivity (Wildman–Crippen MR) is 89.9 cm³/mol. The van der Waals surface area contributed by atoms with Crippen LogP contribution >= 0.6 is 24.8 Å². The van der Waals surface area contributed by atoms with Crippen LogP contribution in [0.4, 0.5) is 0 Å². The Morgan fingerprint density at radius 3 is 2.81 bits per heavy atom. The first-order chi connectivity index (χ1) is 9.00. The van der Waals surface area contributed by atoms with Crippen molar-refractivity contribution in [2.75, 3.05) is 0 Å². The lowest BCUT2D eigenvalue weighted by atomic mass is 9.74. The molecule has 2 rings (SSSR count). The summed E-state index contributed by atoms with van der Waals surface area (Å²) in [5, 5.41) is 2.98. The lowest BCUT2D eigenvalue weighted by Crippen LogP contribution is -2.52. The standard InChI is InChI=1S/C15H23N3O.2ClH/c1-11-6-5-9-17-13(11)10-18-14(19)12-7-3-4-8-15(12,2)16;;/h5-6,9,12H,3-4,7-8,10,16H2,1-2H3,(H,18,19);2*1H. The van der Waals surface area contributed by atoms with Crippen molar-refractivity contribution in [2.45, 2.75) is 51.6 Å². The summed E-state index contributed by atoms with van der Waals surface area (Å²) in [4.78, 5) is 16.6. The van der Waals surface area contributed by atoms with Gasteiger partial charge in [-0.3, -0.25) is 9.78 Å². The van der Waals surface area contributed by atoms with Gasteiger partial charge in [0.15, 0.2) is 0 Å². The van der Waals surface area contributed by atoms with E-state index in [1.807, 2.05) is 26.0 Å². The summed E-state index contributed by atoms with van der Waals surface area (Å²) in [6, 6.07) is 3.90. The van der Waals surface area contributed by atoms with Crippen LogP contribution in [0.2, 0.25) is 0 Å². The van der Waals surface area contributed by atoms with Crippen LogP contribution in [0.3, 0.4) is 0 Å². The molecule has 0 spiro atoms. The summed E-state index contributed by atoms with van der Waals surface area (Å²) in [6.07, 6.45) is 5.78. The van der Waals surface area contributed by atoms with E-state index in [1.165, 1.54) is 0 Å². The Bertz CT molecular complexity index is 466. The number of halogens is 2. The van der Waals surface area contributed by atoms with Gasteiger partial charge in [-0.15, -0.1) is 24.8 Å². The molecule has 1 aromatic rings. The highest BCUT2D eigenvalue weighted by atomic mass is 35.5. The zero-order valence-electron chi connectivity index (χ0n) is 12.6. The van der Waals surface area contributed by atoms with Crippen LogP contribution in [0.5, 0.6) is 0 Å². The van der Waals surface area contributed by atoms with Crippen molar-refractivity contribution in [1.29, 1.82) is 0 Å². The van der Waals surface area contributed by atoms with Crippen LogP contribution < -0.4 is 11.1 Å². The fraction of sp³-hybridized carbons (Fsp3) is 0.600. The van der Waals surface area contributed by atoms with Crippen LogP contribution in [-0.2, 0) is 11.3 Å². The molecule has 2 atom stereocenters. The number of amides is 1. The minimum absolute atomic E-state index is 0. The van der Waals surface area contributed by atoms with E-state index in [2.05, 4.69) is 10.3 Å². The number of aryl methyl sites for hydroxylation is 1. The Kier molecular flexibility index (Phi) is 8.22. The van der Waals surface area contributed by atoms with Gasteiger partial charge >= 0.3 is 0 Å². The number of carbonyl (C=O) groups is 1. The number of nitrogens with two attached hydrogens (primary N) is 1. The number of hydrogen-bond donors (Lipinski definition) is 2. The molecule has 0 bridgehead atoms. The van der Waals surface area contributed by atoms with Crippen LogP contribution in [-0.4, -0.2) is 16.4 Å². The first-order valence-corrected chi connectivity index (χ1v) is 6.98. The zero-order valence-corrected chi connectivity index (χ0v) is 14.2. The molecule has 2 unspecified atom stereocenters. The molecular formula is C15H25Cl2N3O. The fourth-order valence-corrected chi connectivity index (χ4v) is 2.79. The molecule has 0 aromatic carbocycles. The van der Waals surface area contributed by atoms with Crippen LogP contribution in [0.25, 0.3) is 0 Å². The number of carbonyl (C=O) groups excluding carboxylic acids is 1. The molecule has 1 heterocycles. The van der Waals surface area contributed by atoms with Gasteiger partial charge < -0.3 is 11.1 Å². The van der Waals surface area contributed by atoms with Gasteiger partial charge in [0.2, 0.25) is 5.91 Å². The van der Waals surface area contributed by atoms with Crippen molar-refractivity contribution in [1.82, 2.24) is 10.3 Å². The van der Waals surface area contributed by atoms with Gasteiger partial charge in [-0.2, -0.15) is 0 Å². The second-order valence-corrected chi connectivity index (χ2v) is 5.79. The van der Waals surface area contributed by atoms with Gasteiger partial charge in [0.25, 0.3) is 0 Å². The minimum Gasteiger partial charge on any atom is -0.350 e. The van der Waals surface area contributed by atoms with Crippen LogP contribution in [0, 0.1) is 12.8 Å². The third kappa shape index (κ3) is 5.13. The van der Waals surface area contributed by atoms with E-state index in [4.69, 9.17) is 5.73 Å². The number of pyridine rings is 1. The highest BCUT2D eigenvalue weighted by molar-refractivity contribution is 5.85. The van der Waals surface area contributed by atoms with E-state index < -0.39 is 0 Å². The molecule has 4 nitrogen and oxygen atoms in total. The van der Waals surface area contributed by atoms with Gasteiger partial charge in [0.1, 0.15) is 0 Å². The zero-order chi connectivity index (χ0) is 13.9. The third-order valence-electron chi connectivity index (χ3n) is 4.12. The molecule has 0 saturated heterocycles. The molecular weight excluding hydrogens is 309 g/mol. The molecule has 0 radical (unpaired) electrons. The van der Waals surface area contributed by atoms with Crippen molar-refractivity contribution in [3.8, 4) is 0 Å². The molecule has 6 heteroatoms. The maximum atomic E-state index is 12.3. The smallest absolute Gasteiger partial charge is 0.225 e. The predicted octanol–water partition coefficient (Wildman–Crippen LogP) is 2.76. The van der Waals surface area contributed by atoms with E-state index >= 15 is 0 Å². The number of aromatic nitrogens is 1. The molecule has 120 valence electrons. The number of nitrogens with zero attached hydrogens (tertiary/aromatic N) is 1. The Morgan fingerprint density at radius 2 is 2.19 bits per heavy atom. The topological polar surface area (TPSA) is 68.0 Å². The van der Waals surface area contributed by atoms with Gasteiger partial charge in [-0.25, -0.2) is 0 Å². The monoisotopic (exact) mass is 333 g/mol. The first-order valence-electron chi connectivity index (χ1n) is 6.98. The third-order valence-corrected chi connectivity index (χ3v) is 4.12. The van der Waals surface area contributed by atoms with E-state index in [1.54, 1.807) is 6.20 Å². The van der Waals surface area contributed by atoms with E-state index in [9.17, 15) is 4.79 Å². The molecule has 1 amide bonds. The summed E-state index contributed by atoms with van der Waals surface area (Å²) in [7, 11) is 0. The van der Waals surface area contributed by atoms with Crippen molar-refractivity contribution < 1.29 is 4.79 Å². The molecule has 0 aliphatic heterocycles. The molecule has 1 aromatic heterocycles. The highest BCUT2D eigenvalue weighted by Gasteiger charge is 2.37. The minimum atomic E-state index is -0.374. The van der Waals surface area contributed by atoms with Crippen molar-refractivity contribution in [3.63, 3.8) is 0 Å². The van der Waals surface area contributed by atoms with E-state index in [0.29, 0.717) is 6.54 Å². The molecule has 3 N–H and O–H groups in total. The maximum Gasteiger partial charge on any atom is 0.225 e. The number of hydrogen-bond acceptors (Lipinski definition) is 3. The van der Waals surface area contributed by atoms with Crippen molar-refractivity contribution >= 4 is 30.7 Å². The molecule has 21 heavy (non-hydrogen) atoms. The van der Waals surface area contributed by atoms with E-state index in [-0.39, 0.29) is 42.2 Å². The fourth-order valence-electron chi connectivity index (χ4n) is 2.79. The van der Waals surface area contributed by atoms with Gasteiger partial charge in [0, 0.05) is 11.7 Å². The lowest BCUT2D eigenvalue weighted by molar-refractivity contribution is -0.128. The highest BCUT2D eigenvalue weighted by Crippen LogP contribution is 2.31. The van der Waals surface area contributed by atoms with E-state index in [0.717, 1.165) is 36.9 Å². The number of nitrogens with one attached hydrogen (secondary N) is 1. The summed E-state index contributed by atoms with van der Waals surface area (Å²) in [6.45, 7) is 4.47. The van der Waals surface area contributed by atoms with Crippen LogP contribution in [0.15, 0.2) is 18.3 Å². The van der Waals surface area contributed by atoms with Crippen LogP contribution in [0.1, 0.15) is 43.9 Å². The largest absolute Gasteiger partial charge is 0.350 e. The average Bonchev–Trinajstić information content (AvgIpc) is 2.37. The Hall–Kier alpha value is -0.840. The van der Waals surface area contributed by atoms with Gasteiger partial charge in [-0.05, 0) is 38.3 Å². The summed E-state index contributed by atoms with van der Waals surface area (Å²) in [5.74, 6) is -0.0139. The Morgan fingerprint density at radius 1 is 1.48 bits per heavy atom. The number of rotatable bonds is 3. The van der Waals surface area contributed by atoms with Crippen molar-refractivity contribution in [2.24, 2.45) is 11.7 Å². The quantitative estimate of drug-likeness (QED) is 0.893. The van der Waals surface area contributed by atoms with Gasteiger partial charge in [-0.1, -0.05) is 18.9 Å². The Labute approximate surface area is 139 Å². The molecule has 1 aliphatic rings. The molecule has 1 fully saturated rings. The Balaban J connectivity index is 0.00000200. The second kappa shape index (κ2) is 8.57. The lowest BCUT2D eigenvalue weighted by Gasteiger charge is -2.37. The van der Waals surface area contributed by atoms with Gasteiger partial charge in [0.05, 0.1) is 18.2 Å². The maximum absolute atomic E-state index is 12.3. The first kappa shape index (κ1) is 20.2. The summed E-state index contributed by atoms with van der Waals surface area (Å²) < 4.78 is 0. The second-order valence-electron chi connectivity index (χ2n) is 5.79. The molecule has 1 aliphatic carbocycles. The normalized spacial score (nSPS) is 24.4. The SMILES string of the molecule is Cc1cccnc1CNC(=O)C1CCCCC1(C)N.Cl.Cl. The molecule has 1 saturated carbocycles. The summed E-state index contributed by atoms with van der Waals surface area (Å²) >= 11 is 0. The summed E-state index contributed by atoms with van der Waals surface area (Å²) in [5.41, 5.74) is 7.89. The van der Waals surface area contributed by atoms with Crippen molar-refractivity contribution in [3.05, 3.63) is 29.6 Å².